The molecule has 0 spiro atoms. The van der Waals surface area contributed by atoms with Crippen molar-refractivity contribution in [2.24, 2.45) is 0 Å². The second kappa shape index (κ2) is 10.2. The van der Waals surface area contributed by atoms with E-state index >= 15 is 0 Å². The molecule has 3 aromatic rings. The largest absolute Gasteiger partial charge is 0.256 e. The first-order chi connectivity index (χ1) is 13.7. The Morgan fingerprint density at radius 1 is 0.750 bits per heavy atom. The summed E-state index contributed by atoms with van der Waals surface area (Å²) in [5.41, 5.74) is 5.83. The van der Waals surface area contributed by atoms with Crippen molar-refractivity contribution >= 4 is 0 Å². The first-order valence-corrected chi connectivity index (χ1v) is 10.6. The zero-order valence-corrected chi connectivity index (χ0v) is 17.0. The lowest BCUT2D eigenvalue weighted by molar-refractivity contribution is 0.617. The molecule has 0 unspecified atom stereocenters. The third-order valence-corrected chi connectivity index (χ3v) is 5.34. The molecule has 0 radical (unpaired) electrons. The third kappa shape index (κ3) is 5.28. The van der Waals surface area contributed by atoms with Crippen LogP contribution in [-0.4, -0.2) is 4.98 Å². The summed E-state index contributed by atoms with van der Waals surface area (Å²) in [6.45, 7) is 4.37. The normalized spacial score (nSPS) is 11.0. The average molecular weight is 376 g/mol. The van der Waals surface area contributed by atoms with Crippen LogP contribution in [0.15, 0.2) is 60.8 Å². The SMILES string of the molecule is CCCCCCCc1ccc(-c2ccc(-c3ccc(CC)cc3)cn2)c(F)c1. The molecular formula is C26H30FN. The van der Waals surface area contributed by atoms with E-state index in [0.717, 1.165) is 36.0 Å². The van der Waals surface area contributed by atoms with Gasteiger partial charge in [0.25, 0.3) is 0 Å². The minimum atomic E-state index is -0.182. The van der Waals surface area contributed by atoms with Crippen LogP contribution >= 0.6 is 0 Å². The van der Waals surface area contributed by atoms with Crippen molar-refractivity contribution in [3.05, 3.63) is 77.7 Å². The Morgan fingerprint density at radius 3 is 2.11 bits per heavy atom. The number of aryl methyl sites for hydroxylation is 2. The molecule has 1 nitrogen and oxygen atoms in total. The predicted molar refractivity (Wildman–Crippen MR) is 117 cm³/mol. The average Bonchev–Trinajstić information content (AvgIpc) is 2.74. The highest BCUT2D eigenvalue weighted by atomic mass is 19.1. The van der Waals surface area contributed by atoms with Crippen LogP contribution in [0.5, 0.6) is 0 Å². The van der Waals surface area contributed by atoms with Gasteiger partial charge in [0.2, 0.25) is 0 Å². The minimum Gasteiger partial charge on any atom is -0.256 e. The fourth-order valence-corrected chi connectivity index (χ4v) is 3.51. The van der Waals surface area contributed by atoms with Crippen LogP contribution in [0.2, 0.25) is 0 Å². The van der Waals surface area contributed by atoms with Gasteiger partial charge in [-0.15, -0.1) is 0 Å². The van der Waals surface area contributed by atoms with Gasteiger partial charge in [-0.3, -0.25) is 4.98 Å². The van der Waals surface area contributed by atoms with E-state index < -0.39 is 0 Å². The van der Waals surface area contributed by atoms with Gasteiger partial charge in [0.15, 0.2) is 0 Å². The Labute approximate surface area is 168 Å². The van der Waals surface area contributed by atoms with E-state index in [1.807, 2.05) is 30.5 Å². The van der Waals surface area contributed by atoms with Crippen molar-refractivity contribution in [1.29, 1.82) is 0 Å². The van der Waals surface area contributed by atoms with Gasteiger partial charge in [-0.1, -0.05) is 75.9 Å². The quantitative estimate of drug-likeness (QED) is 0.350. The summed E-state index contributed by atoms with van der Waals surface area (Å²) in [5, 5.41) is 0. The van der Waals surface area contributed by atoms with Crippen molar-refractivity contribution in [2.45, 2.75) is 58.8 Å². The molecule has 0 fully saturated rings. The molecule has 1 heterocycles. The zero-order chi connectivity index (χ0) is 19.8. The Bertz CT molecular complexity index is 866. The lowest BCUT2D eigenvalue weighted by Gasteiger charge is -2.08. The highest BCUT2D eigenvalue weighted by molar-refractivity contribution is 5.67. The zero-order valence-electron chi connectivity index (χ0n) is 17.0. The van der Waals surface area contributed by atoms with Crippen molar-refractivity contribution in [3.63, 3.8) is 0 Å². The number of hydrogen-bond acceptors (Lipinski definition) is 1. The van der Waals surface area contributed by atoms with E-state index in [1.54, 1.807) is 6.07 Å². The lowest BCUT2D eigenvalue weighted by Crippen LogP contribution is -1.92. The maximum absolute atomic E-state index is 14.6. The summed E-state index contributed by atoms with van der Waals surface area (Å²) in [6, 6.07) is 18.0. The first-order valence-electron chi connectivity index (χ1n) is 10.6. The third-order valence-electron chi connectivity index (χ3n) is 5.34. The fourth-order valence-electron chi connectivity index (χ4n) is 3.51. The Kier molecular flexibility index (Phi) is 7.36. The summed E-state index contributed by atoms with van der Waals surface area (Å²) in [5.74, 6) is -0.182. The fraction of sp³-hybridized carbons (Fsp3) is 0.346. The van der Waals surface area contributed by atoms with Gasteiger partial charge in [0, 0.05) is 17.3 Å². The van der Waals surface area contributed by atoms with Gasteiger partial charge in [-0.2, -0.15) is 0 Å². The number of unbranched alkanes of at least 4 members (excludes halogenated alkanes) is 4. The highest BCUT2D eigenvalue weighted by Crippen LogP contribution is 2.26. The number of pyridine rings is 1. The van der Waals surface area contributed by atoms with E-state index in [2.05, 4.69) is 43.1 Å². The van der Waals surface area contributed by atoms with Crippen molar-refractivity contribution in [2.75, 3.05) is 0 Å². The van der Waals surface area contributed by atoms with E-state index in [-0.39, 0.29) is 5.82 Å². The molecule has 0 aliphatic heterocycles. The molecule has 0 atom stereocenters. The maximum Gasteiger partial charge on any atom is 0.132 e. The summed E-state index contributed by atoms with van der Waals surface area (Å²) >= 11 is 0. The molecule has 0 bridgehead atoms. The molecule has 2 heteroatoms. The van der Waals surface area contributed by atoms with Crippen LogP contribution in [0.1, 0.15) is 57.1 Å². The van der Waals surface area contributed by atoms with Gasteiger partial charge in [0.05, 0.1) is 5.69 Å². The second-order valence-electron chi connectivity index (χ2n) is 7.46. The predicted octanol–water partition coefficient (Wildman–Crippen LogP) is 7.63. The molecule has 1 aromatic heterocycles. The van der Waals surface area contributed by atoms with Crippen LogP contribution in [0.25, 0.3) is 22.4 Å². The number of benzene rings is 2. The summed E-state index contributed by atoms with van der Waals surface area (Å²) in [7, 11) is 0. The minimum absolute atomic E-state index is 0.182. The Morgan fingerprint density at radius 2 is 1.46 bits per heavy atom. The molecule has 0 aliphatic carbocycles. The number of nitrogens with zero attached hydrogens (tertiary/aromatic N) is 1. The Hall–Kier alpha value is -2.48. The summed E-state index contributed by atoms with van der Waals surface area (Å²) in [4.78, 5) is 4.51. The molecule has 3 rings (SSSR count). The van der Waals surface area contributed by atoms with Gasteiger partial charge >= 0.3 is 0 Å². The molecule has 0 saturated heterocycles. The molecule has 0 N–H and O–H groups in total. The number of rotatable bonds is 9. The van der Waals surface area contributed by atoms with Gasteiger partial charge < -0.3 is 0 Å². The van der Waals surface area contributed by atoms with Crippen LogP contribution < -0.4 is 0 Å². The molecule has 2 aromatic carbocycles. The summed E-state index contributed by atoms with van der Waals surface area (Å²) < 4.78 is 14.6. The van der Waals surface area contributed by atoms with Crippen LogP contribution in [0.4, 0.5) is 4.39 Å². The van der Waals surface area contributed by atoms with Crippen molar-refractivity contribution in [1.82, 2.24) is 4.98 Å². The first kappa shape index (κ1) is 20.3. The summed E-state index contributed by atoms with van der Waals surface area (Å²) in [6.07, 6.45) is 9.97. The van der Waals surface area contributed by atoms with E-state index in [0.29, 0.717) is 11.3 Å². The molecule has 0 saturated carbocycles. The topological polar surface area (TPSA) is 12.9 Å². The lowest BCUT2D eigenvalue weighted by atomic mass is 10.0. The van der Waals surface area contributed by atoms with Crippen molar-refractivity contribution in [3.8, 4) is 22.4 Å². The van der Waals surface area contributed by atoms with Crippen LogP contribution in [0, 0.1) is 5.82 Å². The number of hydrogen-bond donors (Lipinski definition) is 0. The number of halogens is 1. The molecule has 0 amide bonds. The molecule has 0 aliphatic rings. The monoisotopic (exact) mass is 375 g/mol. The molecule has 28 heavy (non-hydrogen) atoms. The maximum atomic E-state index is 14.6. The molecule has 146 valence electrons. The van der Waals surface area contributed by atoms with E-state index in [9.17, 15) is 4.39 Å². The highest BCUT2D eigenvalue weighted by Gasteiger charge is 2.08. The smallest absolute Gasteiger partial charge is 0.132 e. The van der Waals surface area contributed by atoms with Gasteiger partial charge in [-0.25, -0.2) is 4.39 Å². The molecular weight excluding hydrogens is 345 g/mol. The van der Waals surface area contributed by atoms with E-state index in [4.69, 9.17) is 0 Å². The van der Waals surface area contributed by atoms with Crippen molar-refractivity contribution < 1.29 is 4.39 Å². The van der Waals surface area contributed by atoms with E-state index in [1.165, 1.54) is 31.2 Å². The van der Waals surface area contributed by atoms with Crippen LogP contribution in [-0.2, 0) is 12.8 Å². The van der Waals surface area contributed by atoms with Gasteiger partial charge in [-0.05, 0) is 54.2 Å². The van der Waals surface area contributed by atoms with Gasteiger partial charge in [0.1, 0.15) is 5.82 Å². The Balaban J connectivity index is 1.67. The van der Waals surface area contributed by atoms with Crippen LogP contribution in [0.3, 0.4) is 0 Å². The number of aromatic nitrogens is 1. The second-order valence-corrected chi connectivity index (χ2v) is 7.46. The standard InChI is InChI=1S/C26H30FN/c1-3-5-6-7-8-9-21-12-16-24(25(27)18-21)26-17-15-23(19-28-26)22-13-10-20(4-2)11-14-22/h10-19H,3-9H2,1-2H3.